The van der Waals surface area contributed by atoms with Crippen LogP contribution in [0.1, 0.15) is 39.5 Å². The largest absolute Gasteiger partial charge is 0.479 e. The fourth-order valence-electron chi connectivity index (χ4n) is 2.90. The second kappa shape index (κ2) is 4.59. The molecule has 6 nitrogen and oxygen atoms in total. The van der Waals surface area contributed by atoms with E-state index in [-0.39, 0.29) is 50.7 Å². The van der Waals surface area contributed by atoms with E-state index < -0.39 is 16.9 Å². The van der Waals surface area contributed by atoms with Crippen molar-refractivity contribution in [2.45, 2.75) is 45.1 Å². The smallest absolute Gasteiger partial charge is 0.330 e. The fraction of sp³-hybridized carbons (Fsp3) is 0.769. The molecule has 2 saturated heterocycles. The van der Waals surface area contributed by atoms with Gasteiger partial charge in [0, 0.05) is 38.9 Å². The molecule has 2 amide bonds. The number of rotatable bonds is 2. The SMILES string of the molecule is CC1(C)CC(=O)N(C2(C(=O)O)CCOCC2)C(=O)C1. The molecule has 2 heterocycles. The molecule has 6 heteroatoms. The lowest BCUT2D eigenvalue weighted by Crippen LogP contribution is -2.64. The maximum Gasteiger partial charge on any atom is 0.330 e. The molecular formula is C13H19NO5. The van der Waals surface area contributed by atoms with Crippen LogP contribution < -0.4 is 0 Å². The molecule has 0 atom stereocenters. The van der Waals surface area contributed by atoms with Gasteiger partial charge in [-0.2, -0.15) is 0 Å². The number of nitrogens with zero attached hydrogens (tertiary/aromatic N) is 1. The zero-order valence-electron chi connectivity index (χ0n) is 11.3. The molecule has 0 spiro atoms. The van der Waals surface area contributed by atoms with Crippen molar-refractivity contribution in [2.24, 2.45) is 5.41 Å². The third-order valence-electron chi connectivity index (χ3n) is 3.90. The van der Waals surface area contributed by atoms with Crippen molar-refractivity contribution >= 4 is 17.8 Å². The van der Waals surface area contributed by atoms with E-state index >= 15 is 0 Å². The fourth-order valence-corrected chi connectivity index (χ4v) is 2.90. The Kier molecular flexibility index (Phi) is 3.38. The molecule has 0 unspecified atom stereocenters. The van der Waals surface area contributed by atoms with Crippen LogP contribution in [0.4, 0.5) is 0 Å². The number of amides is 2. The van der Waals surface area contributed by atoms with E-state index in [0.29, 0.717) is 0 Å². The van der Waals surface area contributed by atoms with Crippen LogP contribution in [0.25, 0.3) is 0 Å². The van der Waals surface area contributed by atoms with Crippen LogP contribution in [0, 0.1) is 5.41 Å². The molecule has 0 aromatic carbocycles. The molecule has 0 aromatic rings. The number of carboxylic acids is 1. The number of carbonyl (C=O) groups excluding carboxylic acids is 2. The van der Waals surface area contributed by atoms with E-state index in [9.17, 15) is 19.5 Å². The van der Waals surface area contributed by atoms with Crippen molar-refractivity contribution < 1.29 is 24.2 Å². The third-order valence-corrected chi connectivity index (χ3v) is 3.90. The van der Waals surface area contributed by atoms with Gasteiger partial charge < -0.3 is 9.84 Å². The van der Waals surface area contributed by atoms with Crippen LogP contribution in [0.5, 0.6) is 0 Å². The van der Waals surface area contributed by atoms with Crippen molar-refractivity contribution in [3.8, 4) is 0 Å². The zero-order valence-corrected chi connectivity index (χ0v) is 11.3. The van der Waals surface area contributed by atoms with Crippen LogP contribution in [-0.2, 0) is 19.1 Å². The van der Waals surface area contributed by atoms with Gasteiger partial charge in [0.2, 0.25) is 11.8 Å². The summed E-state index contributed by atoms with van der Waals surface area (Å²) in [4.78, 5) is 37.1. The van der Waals surface area contributed by atoms with Crippen LogP contribution >= 0.6 is 0 Å². The highest BCUT2D eigenvalue weighted by molar-refractivity contribution is 6.03. The van der Waals surface area contributed by atoms with Crippen molar-refractivity contribution in [3.05, 3.63) is 0 Å². The van der Waals surface area contributed by atoms with Crippen molar-refractivity contribution in [1.82, 2.24) is 4.90 Å². The van der Waals surface area contributed by atoms with E-state index in [0.717, 1.165) is 4.90 Å². The van der Waals surface area contributed by atoms with Crippen molar-refractivity contribution in [1.29, 1.82) is 0 Å². The lowest BCUT2D eigenvalue weighted by atomic mass is 9.78. The highest BCUT2D eigenvalue weighted by Crippen LogP contribution is 2.38. The number of likely N-dealkylation sites (tertiary alicyclic amines) is 1. The van der Waals surface area contributed by atoms with E-state index in [1.54, 1.807) is 0 Å². The standard InChI is InChI=1S/C13H19NO5/c1-12(2)7-9(15)14(10(16)8-12)13(11(17)18)3-5-19-6-4-13/h3-8H2,1-2H3,(H,17,18). The van der Waals surface area contributed by atoms with Crippen LogP contribution in [0.3, 0.4) is 0 Å². The Morgan fingerprint density at radius 2 is 1.63 bits per heavy atom. The second-order valence-corrected chi connectivity index (χ2v) is 6.09. The Morgan fingerprint density at radius 3 is 2.05 bits per heavy atom. The van der Waals surface area contributed by atoms with Crippen LogP contribution in [-0.4, -0.2) is 46.5 Å². The summed E-state index contributed by atoms with van der Waals surface area (Å²) in [5.41, 5.74) is -1.81. The predicted molar refractivity (Wildman–Crippen MR) is 65.3 cm³/mol. The molecule has 106 valence electrons. The molecule has 0 bridgehead atoms. The van der Waals surface area contributed by atoms with Gasteiger partial charge in [0.25, 0.3) is 0 Å². The Bertz CT molecular complexity index is 403. The topological polar surface area (TPSA) is 83.9 Å². The highest BCUT2D eigenvalue weighted by Gasteiger charge is 2.53. The lowest BCUT2D eigenvalue weighted by Gasteiger charge is -2.45. The average Bonchev–Trinajstić information content (AvgIpc) is 2.27. The number of hydrogen-bond acceptors (Lipinski definition) is 4. The summed E-state index contributed by atoms with van der Waals surface area (Å²) in [5.74, 6) is -1.88. The maximum atomic E-state index is 12.2. The van der Waals surface area contributed by atoms with Gasteiger partial charge in [0.1, 0.15) is 0 Å². The van der Waals surface area contributed by atoms with E-state index in [2.05, 4.69) is 0 Å². The summed E-state index contributed by atoms with van der Waals surface area (Å²) < 4.78 is 5.16. The lowest BCUT2D eigenvalue weighted by molar-refractivity contribution is -0.177. The van der Waals surface area contributed by atoms with Gasteiger partial charge in [0.05, 0.1) is 0 Å². The molecule has 0 saturated carbocycles. The van der Waals surface area contributed by atoms with Gasteiger partial charge in [0.15, 0.2) is 5.54 Å². The minimum atomic E-state index is -1.41. The normalized spacial score (nSPS) is 26.3. The minimum absolute atomic E-state index is 0.167. The second-order valence-electron chi connectivity index (χ2n) is 6.09. The molecule has 0 radical (unpaired) electrons. The Hall–Kier alpha value is -1.43. The first-order chi connectivity index (χ1) is 8.78. The molecule has 2 rings (SSSR count). The number of carbonyl (C=O) groups is 3. The van der Waals surface area contributed by atoms with E-state index in [4.69, 9.17) is 4.74 Å². The average molecular weight is 269 g/mol. The quantitative estimate of drug-likeness (QED) is 0.749. The minimum Gasteiger partial charge on any atom is -0.479 e. The summed E-state index contributed by atoms with van der Waals surface area (Å²) in [6.45, 7) is 4.20. The van der Waals surface area contributed by atoms with Crippen LogP contribution in [0.2, 0.25) is 0 Å². The third kappa shape index (κ3) is 2.36. The van der Waals surface area contributed by atoms with Crippen molar-refractivity contribution in [2.75, 3.05) is 13.2 Å². The number of ether oxygens (including phenoxy) is 1. The van der Waals surface area contributed by atoms with E-state index in [1.165, 1.54) is 0 Å². The maximum absolute atomic E-state index is 12.2. The molecule has 2 aliphatic rings. The molecule has 2 fully saturated rings. The summed E-state index contributed by atoms with van der Waals surface area (Å²) in [7, 11) is 0. The van der Waals surface area contributed by atoms with Crippen molar-refractivity contribution in [3.63, 3.8) is 0 Å². The highest BCUT2D eigenvalue weighted by atomic mass is 16.5. The summed E-state index contributed by atoms with van der Waals surface area (Å²) in [6.07, 6.45) is 0.740. The van der Waals surface area contributed by atoms with E-state index in [1.807, 2.05) is 13.8 Å². The molecular weight excluding hydrogens is 250 g/mol. The van der Waals surface area contributed by atoms with Gasteiger partial charge in [-0.25, -0.2) is 4.79 Å². The first-order valence-corrected chi connectivity index (χ1v) is 6.46. The monoisotopic (exact) mass is 269 g/mol. The Balaban J connectivity index is 2.34. The predicted octanol–water partition coefficient (Wildman–Crippen LogP) is 0.795. The summed E-state index contributed by atoms with van der Waals surface area (Å²) in [5, 5.41) is 9.50. The molecule has 0 aromatic heterocycles. The van der Waals surface area contributed by atoms with Crippen LogP contribution in [0.15, 0.2) is 0 Å². The van der Waals surface area contributed by atoms with Gasteiger partial charge >= 0.3 is 5.97 Å². The number of imide groups is 1. The first kappa shape index (κ1) is 14.0. The Morgan fingerprint density at radius 1 is 1.16 bits per heavy atom. The number of carboxylic acid groups (broad SMARTS) is 1. The molecule has 19 heavy (non-hydrogen) atoms. The zero-order chi connectivity index (χ0) is 14.3. The van der Waals surface area contributed by atoms with Gasteiger partial charge in [-0.3, -0.25) is 14.5 Å². The van der Waals surface area contributed by atoms with Gasteiger partial charge in [-0.05, 0) is 5.41 Å². The van der Waals surface area contributed by atoms with Gasteiger partial charge in [-0.1, -0.05) is 13.8 Å². The summed E-state index contributed by atoms with van der Waals surface area (Å²) in [6, 6.07) is 0. The number of aliphatic carboxylic acids is 1. The molecule has 0 aliphatic carbocycles. The molecule has 1 N–H and O–H groups in total. The Labute approximate surface area is 111 Å². The summed E-state index contributed by atoms with van der Waals surface area (Å²) >= 11 is 0. The number of hydrogen-bond donors (Lipinski definition) is 1. The molecule has 2 aliphatic heterocycles. The number of piperidine rings is 1. The first-order valence-electron chi connectivity index (χ1n) is 6.46. The van der Waals surface area contributed by atoms with Gasteiger partial charge in [-0.15, -0.1) is 0 Å².